The lowest BCUT2D eigenvalue weighted by atomic mass is 9.76. The number of carboxylic acids is 1. The number of carbonyl (C=O) groups excluding carboxylic acids is 1. The number of aliphatic carboxylic acids is 1. The molecule has 45 heavy (non-hydrogen) atoms. The Hall–Kier alpha value is -4.56. The van der Waals surface area contributed by atoms with Crippen molar-refractivity contribution in [3.05, 3.63) is 117 Å². The highest BCUT2D eigenvalue weighted by atomic mass is 16.5. The molecule has 234 valence electrons. The molecule has 0 radical (unpaired) electrons. The number of hydrogen-bond acceptors (Lipinski definition) is 6. The van der Waals surface area contributed by atoms with Crippen molar-refractivity contribution >= 4 is 17.6 Å². The molecule has 8 nitrogen and oxygen atoms in total. The molecule has 0 saturated carbocycles. The highest BCUT2D eigenvalue weighted by Crippen LogP contribution is 2.43. The maximum absolute atomic E-state index is 14.1. The summed E-state index contributed by atoms with van der Waals surface area (Å²) in [6.45, 7) is 12.2. The van der Waals surface area contributed by atoms with E-state index in [1.165, 1.54) is 0 Å². The van der Waals surface area contributed by atoms with Crippen molar-refractivity contribution in [2.45, 2.75) is 79.0 Å². The van der Waals surface area contributed by atoms with E-state index >= 15 is 0 Å². The van der Waals surface area contributed by atoms with Crippen molar-refractivity contribution in [3.63, 3.8) is 0 Å². The van der Waals surface area contributed by atoms with Gasteiger partial charge in [0.05, 0.1) is 13.1 Å². The Balaban J connectivity index is 1.75. The van der Waals surface area contributed by atoms with Gasteiger partial charge in [-0.2, -0.15) is 0 Å². The molecule has 2 N–H and O–H groups in total. The number of unbranched alkanes of at least 4 members (excludes halogenated alkanes) is 1. The maximum Gasteiger partial charge on any atom is 0.347 e. The third-order valence-corrected chi connectivity index (χ3v) is 8.60. The molecule has 0 aliphatic carbocycles. The molecule has 0 spiro atoms. The van der Waals surface area contributed by atoms with E-state index in [-0.39, 0.29) is 18.5 Å². The number of benzene rings is 3. The first-order valence-electron chi connectivity index (χ1n) is 15.6. The zero-order chi connectivity index (χ0) is 32.3. The van der Waals surface area contributed by atoms with Gasteiger partial charge in [0.25, 0.3) is 0 Å². The van der Waals surface area contributed by atoms with Crippen molar-refractivity contribution < 1.29 is 19.4 Å². The first-order valence-corrected chi connectivity index (χ1v) is 15.6. The van der Waals surface area contributed by atoms with Crippen LogP contribution in [0.4, 0.5) is 5.69 Å². The van der Waals surface area contributed by atoms with E-state index in [1.54, 1.807) is 11.0 Å². The Bertz CT molecular complexity index is 1690. The Morgan fingerprint density at radius 2 is 1.67 bits per heavy atom. The van der Waals surface area contributed by atoms with Crippen molar-refractivity contribution in [2.24, 2.45) is 0 Å². The minimum Gasteiger partial charge on any atom is -0.478 e. The van der Waals surface area contributed by atoms with Crippen LogP contribution in [0.5, 0.6) is 6.01 Å². The molecule has 8 heteroatoms. The van der Waals surface area contributed by atoms with Crippen molar-refractivity contribution in [2.75, 3.05) is 11.4 Å². The molecule has 2 atom stereocenters. The average Bonchev–Trinajstić information content (AvgIpc) is 3.11. The van der Waals surface area contributed by atoms with Gasteiger partial charge in [-0.25, -0.2) is 14.8 Å². The third kappa shape index (κ3) is 6.47. The minimum atomic E-state index is -1.52. The van der Waals surface area contributed by atoms with Gasteiger partial charge in [0.1, 0.15) is 5.54 Å². The zero-order valence-corrected chi connectivity index (χ0v) is 27.0. The second-order valence-electron chi connectivity index (χ2n) is 12.1. The van der Waals surface area contributed by atoms with Crippen LogP contribution in [-0.2, 0) is 28.1 Å². The first kappa shape index (κ1) is 31.9. The second-order valence-corrected chi connectivity index (χ2v) is 12.1. The van der Waals surface area contributed by atoms with Gasteiger partial charge in [-0.15, -0.1) is 0 Å². The number of rotatable bonds is 10. The summed E-state index contributed by atoms with van der Waals surface area (Å²) in [6, 6.07) is 21.5. The Morgan fingerprint density at radius 3 is 2.33 bits per heavy atom. The number of anilines is 1. The molecule has 0 saturated heterocycles. The van der Waals surface area contributed by atoms with Crippen LogP contribution in [0.2, 0.25) is 0 Å². The largest absolute Gasteiger partial charge is 0.478 e. The summed E-state index contributed by atoms with van der Waals surface area (Å²) < 4.78 is 6.29. The summed E-state index contributed by atoms with van der Waals surface area (Å²) in [5.74, 6) is -1.37. The quantitative estimate of drug-likeness (QED) is 0.219. The minimum absolute atomic E-state index is 0.0287. The lowest BCUT2D eigenvalue weighted by Crippen LogP contribution is -2.58. The third-order valence-electron chi connectivity index (χ3n) is 8.60. The van der Waals surface area contributed by atoms with Gasteiger partial charge < -0.3 is 14.7 Å². The van der Waals surface area contributed by atoms with E-state index in [0.29, 0.717) is 34.7 Å². The van der Waals surface area contributed by atoms with Gasteiger partial charge in [-0.3, -0.25) is 10.1 Å². The topological polar surface area (TPSA) is 105 Å². The molecule has 0 fully saturated rings. The summed E-state index contributed by atoms with van der Waals surface area (Å²) >= 11 is 0. The van der Waals surface area contributed by atoms with Crippen LogP contribution in [0, 0.1) is 34.6 Å². The van der Waals surface area contributed by atoms with Crippen LogP contribution in [-0.4, -0.2) is 39.6 Å². The predicted octanol–water partition coefficient (Wildman–Crippen LogP) is 6.27. The van der Waals surface area contributed by atoms with Gasteiger partial charge in [0.15, 0.2) is 0 Å². The monoisotopic (exact) mass is 606 g/mol. The fourth-order valence-electron chi connectivity index (χ4n) is 6.54. The molecule has 0 bridgehead atoms. The lowest BCUT2D eigenvalue weighted by molar-refractivity contribution is -0.149. The van der Waals surface area contributed by atoms with Crippen molar-refractivity contribution in [1.82, 2.24) is 15.3 Å². The Morgan fingerprint density at radius 1 is 0.978 bits per heavy atom. The average molecular weight is 607 g/mol. The molecule has 1 aliphatic heterocycles. The molecule has 0 unspecified atom stereocenters. The first-order chi connectivity index (χ1) is 21.5. The summed E-state index contributed by atoms with van der Waals surface area (Å²) in [5, 5.41) is 14.4. The normalized spacial score (nSPS) is 17.0. The Kier molecular flexibility index (Phi) is 9.34. The second kappa shape index (κ2) is 13.2. The van der Waals surface area contributed by atoms with Gasteiger partial charge in [0, 0.05) is 22.6 Å². The standard InChI is InChI=1S/C37H42N4O4/c1-7-8-12-28-13-11-14-29(20-28)37(34(35(43)44)45-36-39-26(5)19-27(6)40-36)31-15-9-10-16-32(31)41(33(42)21-38-37)22-30-24(3)17-23(2)18-25(30)4/h9-11,13-20,34,38H,7-8,12,21-22H2,1-6H3,(H,43,44)/t34-,37+/m1/s1. The SMILES string of the molecule is CCCCc1cccc([C@]2([C@H](Oc3nc(C)cc(C)n3)C(=O)O)NCC(=O)N(Cc3c(C)cc(C)cc3C)c3ccccc32)c1. The van der Waals surface area contributed by atoms with Crippen LogP contribution in [0.3, 0.4) is 0 Å². The molecule has 5 rings (SSSR count). The van der Waals surface area contributed by atoms with Gasteiger partial charge in [0.2, 0.25) is 12.0 Å². The zero-order valence-electron chi connectivity index (χ0n) is 27.0. The number of aromatic nitrogens is 2. The number of nitrogens with one attached hydrogen (secondary N) is 1. The fraction of sp³-hybridized carbons (Fsp3) is 0.351. The molecule has 4 aromatic rings. The number of para-hydroxylation sites is 1. The van der Waals surface area contributed by atoms with Crippen LogP contribution in [0.1, 0.15) is 70.1 Å². The number of carbonyl (C=O) groups is 2. The van der Waals surface area contributed by atoms with E-state index in [9.17, 15) is 14.7 Å². The molecule has 3 aromatic carbocycles. The van der Waals surface area contributed by atoms with E-state index in [2.05, 4.69) is 61.2 Å². The van der Waals surface area contributed by atoms with Gasteiger partial charge in [-0.1, -0.05) is 73.5 Å². The van der Waals surface area contributed by atoms with E-state index < -0.39 is 17.6 Å². The highest BCUT2D eigenvalue weighted by molar-refractivity contribution is 5.97. The Labute approximate surface area is 265 Å². The smallest absolute Gasteiger partial charge is 0.347 e. The summed E-state index contributed by atoms with van der Waals surface area (Å²) in [6.07, 6.45) is 1.36. The number of fused-ring (bicyclic) bond motifs is 1. The molecule has 1 amide bonds. The predicted molar refractivity (Wildman–Crippen MR) is 176 cm³/mol. The maximum atomic E-state index is 14.1. The summed E-state index contributed by atoms with van der Waals surface area (Å²) in [5.41, 5.74) is 7.32. The molecular weight excluding hydrogens is 564 g/mol. The highest BCUT2D eigenvalue weighted by Gasteiger charge is 2.52. The van der Waals surface area contributed by atoms with Crippen LogP contribution < -0.4 is 15.0 Å². The summed E-state index contributed by atoms with van der Waals surface area (Å²) in [7, 11) is 0. The summed E-state index contributed by atoms with van der Waals surface area (Å²) in [4.78, 5) is 38.1. The molecule has 1 aromatic heterocycles. The molecule has 1 aliphatic rings. The van der Waals surface area contributed by atoms with Crippen LogP contribution in [0.25, 0.3) is 0 Å². The van der Waals surface area contributed by atoms with Crippen molar-refractivity contribution in [1.29, 1.82) is 0 Å². The van der Waals surface area contributed by atoms with E-state index in [1.807, 2.05) is 56.3 Å². The number of nitrogens with zero attached hydrogens (tertiary/aromatic N) is 3. The number of hydrogen-bond donors (Lipinski definition) is 2. The van der Waals surface area contributed by atoms with Crippen LogP contribution >= 0.6 is 0 Å². The number of ether oxygens (including phenoxy) is 1. The van der Waals surface area contributed by atoms with Crippen LogP contribution in [0.15, 0.2) is 66.7 Å². The molecule has 2 heterocycles. The van der Waals surface area contributed by atoms with Gasteiger partial charge >= 0.3 is 12.0 Å². The van der Waals surface area contributed by atoms with E-state index in [4.69, 9.17) is 4.74 Å². The lowest BCUT2D eigenvalue weighted by Gasteiger charge is -2.40. The number of carboxylic acid groups (broad SMARTS) is 1. The number of aryl methyl sites for hydroxylation is 6. The van der Waals surface area contributed by atoms with Crippen molar-refractivity contribution in [3.8, 4) is 6.01 Å². The fourth-order valence-corrected chi connectivity index (χ4v) is 6.54. The van der Waals surface area contributed by atoms with Gasteiger partial charge in [-0.05, 0) is 87.4 Å². The number of amides is 1. The molecular formula is C37H42N4O4. The van der Waals surface area contributed by atoms with E-state index in [0.717, 1.165) is 47.1 Å².